The summed E-state index contributed by atoms with van der Waals surface area (Å²) in [6, 6.07) is 5.60. The number of hydrogen-bond acceptors (Lipinski definition) is 4. The van der Waals surface area contributed by atoms with Gasteiger partial charge in [0.1, 0.15) is 0 Å². The van der Waals surface area contributed by atoms with Gasteiger partial charge in [-0.25, -0.2) is 0 Å². The van der Waals surface area contributed by atoms with E-state index >= 15 is 0 Å². The van der Waals surface area contributed by atoms with Crippen LogP contribution in [0.1, 0.15) is 18.5 Å². The minimum absolute atomic E-state index is 0.00279. The molecule has 8 heteroatoms. The highest BCUT2D eigenvalue weighted by Crippen LogP contribution is 2.19. The highest BCUT2D eigenvalue weighted by molar-refractivity contribution is 6.30. The summed E-state index contributed by atoms with van der Waals surface area (Å²) < 4.78 is 1.74. The van der Waals surface area contributed by atoms with E-state index in [0.717, 1.165) is 12.1 Å². The molecule has 25 heavy (non-hydrogen) atoms. The Morgan fingerprint density at radius 1 is 1.40 bits per heavy atom. The van der Waals surface area contributed by atoms with Crippen molar-refractivity contribution < 1.29 is 9.59 Å². The Hall–Kier alpha value is -2.41. The van der Waals surface area contributed by atoms with Crippen LogP contribution in [0.15, 0.2) is 36.8 Å². The molecule has 2 aromatic rings. The number of carbonyl (C=O) groups is 2. The molecule has 0 aliphatic carbocycles. The van der Waals surface area contributed by atoms with Crippen molar-refractivity contribution in [2.75, 3.05) is 13.1 Å². The van der Waals surface area contributed by atoms with Crippen LogP contribution in [-0.2, 0) is 22.7 Å². The van der Waals surface area contributed by atoms with Crippen LogP contribution >= 0.6 is 11.6 Å². The van der Waals surface area contributed by atoms with Gasteiger partial charge < -0.3 is 10.2 Å². The summed E-state index contributed by atoms with van der Waals surface area (Å²) in [7, 11) is 0. The van der Waals surface area contributed by atoms with Crippen LogP contribution in [0.2, 0.25) is 5.02 Å². The number of carbonyl (C=O) groups excluding carboxylic acids is 2. The number of nitrogens with zero attached hydrogens (tertiary/aromatic N) is 4. The number of halogens is 1. The van der Waals surface area contributed by atoms with Crippen molar-refractivity contribution in [2.24, 2.45) is 5.92 Å². The Balaban J connectivity index is 1.41. The molecule has 3 heterocycles. The number of aryl methyl sites for hydroxylation is 1. The SMILES string of the molecule is O=C(NCCCn1cc(Cl)cn1)C1CC(=O)N(Cc2ccccn2)C1. The minimum atomic E-state index is -0.296. The predicted molar refractivity (Wildman–Crippen MR) is 92.6 cm³/mol. The molecule has 0 spiro atoms. The first-order valence-corrected chi connectivity index (χ1v) is 8.63. The minimum Gasteiger partial charge on any atom is -0.356 e. The lowest BCUT2D eigenvalue weighted by Gasteiger charge is -2.16. The zero-order valence-corrected chi connectivity index (χ0v) is 14.5. The first kappa shape index (κ1) is 17.4. The second-order valence-electron chi connectivity index (χ2n) is 6.06. The highest BCUT2D eigenvalue weighted by Gasteiger charge is 2.34. The molecule has 1 unspecified atom stereocenters. The molecule has 1 saturated heterocycles. The van der Waals surface area contributed by atoms with Crippen LogP contribution in [0.25, 0.3) is 0 Å². The van der Waals surface area contributed by atoms with Crippen LogP contribution in [0.3, 0.4) is 0 Å². The number of rotatable bonds is 7. The van der Waals surface area contributed by atoms with Gasteiger partial charge in [0.15, 0.2) is 0 Å². The van der Waals surface area contributed by atoms with Gasteiger partial charge in [0.05, 0.1) is 29.4 Å². The standard InChI is InChI=1S/C17H20ClN5O2/c18-14-9-21-23(11-14)7-3-6-20-17(25)13-8-16(24)22(10-13)12-15-4-1-2-5-19-15/h1-2,4-5,9,11,13H,3,6-8,10,12H2,(H,20,25). The Bertz CT molecular complexity index is 734. The van der Waals surface area contributed by atoms with Gasteiger partial charge in [-0.15, -0.1) is 0 Å². The van der Waals surface area contributed by atoms with Crippen molar-refractivity contribution in [3.05, 3.63) is 47.5 Å². The van der Waals surface area contributed by atoms with E-state index in [0.29, 0.717) is 31.2 Å². The normalized spacial score (nSPS) is 17.1. The van der Waals surface area contributed by atoms with Gasteiger partial charge in [-0.05, 0) is 18.6 Å². The van der Waals surface area contributed by atoms with Gasteiger partial charge in [-0.3, -0.25) is 19.3 Å². The molecule has 0 bridgehead atoms. The van der Waals surface area contributed by atoms with E-state index in [9.17, 15) is 9.59 Å². The van der Waals surface area contributed by atoms with E-state index in [1.165, 1.54) is 0 Å². The molecule has 2 aromatic heterocycles. The van der Waals surface area contributed by atoms with E-state index in [2.05, 4.69) is 15.4 Å². The van der Waals surface area contributed by atoms with Gasteiger partial charge in [-0.2, -0.15) is 5.10 Å². The van der Waals surface area contributed by atoms with Gasteiger partial charge in [-0.1, -0.05) is 17.7 Å². The monoisotopic (exact) mass is 361 g/mol. The maximum atomic E-state index is 12.3. The first-order chi connectivity index (χ1) is 12.1. The molecular weight excluding hydrogens is 342 g/mol. The van der Waals surface area contributed by atoms with Gasteiger partial charge in [0.2, 0.25) is 11.8 Å². The lowest BCUT2D eigenvalue weighted by molar-refractivity contribution is -0.129. The van der Waals surface area contributed by atoms with Crippen molar-refractivity contribution in [3.63, 3.8) is 0 Å². The maximum Gasteiger partial charge on any atom is 0.225 e. The number of nitrogens with one attached hydrogen (secondary N) is 1. The lowest BCUT2D eigenvalue weighted by atomic mass is 10.1. The molecule has 0 saturated carbocycles. The van der Waals surface area contributed by atoms with E-state index < -0.39 is 0 Å². The number of likely N-dealkylation sites (tertiary alicyclic amines) is 1. The fourth-order valence-corrected chi connectivity index (χ4v) is 3.00. The van der Waals surface area contributed by atoms with Gasteiger partial charge >= 0.3 is 0 Å². The number of hydrogen-bond donors (Lipinski definition) is 1. The Morgan fingerprint density at radius 3 is 3.00 bits per heavy atom. The Kier molecular flexibility index (Phi) is 5.65. The van der Waals surface area contributed by atoms with Crippen LogP contribution in [-0.4, -0.2) is 44.6 Å². The maximum absolute atomic E-state index is 12.3. The third-order valence-electron chi connectivity index (χ3n) is 4.13. The van der Waals surface area contributed by atoms with Crippen LogP contribution in [0.4, 0.5) is 0 Å². The van der Waals surface area contributed by atoms with Crippen LogP contribution in [0.5, 0.6) is 0 Å². The third-order valence-corrected chi connectivity index (χ3v) is 4.32. The average Bonchev–Trinajstić information content (AvgIpc) is 3.18. The summed E-state index contributed by atoms with van der Waals surface area (Å²) in [6.45, 7) is 2.11. The van der Waals surface area contributed by atoms with Gasteiger partial charge in [0, 0.05) is 38.4 Å². The quantitative estimate of drug-likeness (QED) is 0.758. The second kappa shape index (κ2) is 8.11. The summed E-state index contributed by atoms with van der Waals surface area (Å²) >= 11 is 5.80. The molecule has 1 N–H and O–H groups in total. The average molecular weight is 362 g/mol. The summed E-state index contributed by atoms with van der Waals surface area (Å²) in [5, 5.41) is 7.58. The summed E-state index contributed by atoms with van der Waals surface area (Å²) in [4.78, 5) is 30.3. The lowest BCUT2D eigenvalue weighted by Crippen LogP contribution is -2.33. The van der Waals surface area contributed by atoms with E-state index in [-0.39, 0.29) is 24.2 Å². The largest absolute Gasteiger partial charge is 0.356 e. The van der Waals surface area contributed by atoms with Gasteiger partial charge in [0.25, 0.3) is 0 Å². The van der Waals surface area contributed by atoms with E-state index in [1.807, 2.05) is 18.2 Å². The second-order valence-corrected chi connectivity index (χ2v) is 6.50. The molecule has 0 aromatic carbocycles. The Morgan fingerprint density at radius 2 is 2.28 bits per heavy atom. The third kappa shape index (κ3) is 4.79. The van der Waals surface area contributed by atoms with Crippen molar-refractivity contribution in [2.45, 2.75) is 25.9 Å². The molecule has 1 aliphatic heterocycles. The topological polar surface area (TPSA) is 80.1 Å². The number of aromatic nitrogens is 3. The van der Waals surface area contributed by atoms with E-state index in [1.54, 1.807) is 28.2 Å². The fraction of sp³-hybridized carbons (Fsp3) is 0.412. The summed E-state index contributed by atoms with van der Waals surface area (Å²) in [5.41, 5.74) is 0.829. The van der Waals surface area contributed by atoms with Crippen LogP contribution in [0, 0.1) is 5.92 Å². The summed E-state index contributed by atoms with van der Waals surface area (Å²) in [5.74, 6) is -0.372. The van der Waals surface area contributed by atoms with Crippen molar-refractivity contribution in [3.8, 4) is 0 Å². The molecule has 1 atom stereocenters. The predicted octanol–water partition coefficient (Wildman–Crippen LogP) is 1.49. The molecule has 1 fully saturated rings. The molecule has 3 rings (SSSR count). The zero-order chi connectivity index (χ0) is 17.6. The fourth-order valence-electron chi connectivity index (χ4n) is 2.85. The highest BCUT2D eigenvalue weighted by atomic mass is 35.5. The molecule has 7 nitrogen and oxygen atoms in total. The molecule has 2 amide bonds. The molecule has 132 valence electrons. The number of amides is 2. The van der Waals surface area contributed by atoms with Crippen LogP contribution < -0.4 is 5.32 Å². The van der Waals surface area contributed by atoms with Crippen molar-refractivity contribution >= 4 is 23.4 Å². The van der Waals surface area contributed by atoms with E-state index in [4.69, 9.17) is 11.6 Å². The molecule has 1 aliphatic rings. The summed E-state index contributed by atoms with van der Waals surface area (Å²) in [6.07, 6.45) is 6.04. The number of pyridine rings is 1. The smallest absolute Gasteiger partial charge is 0.225 e. The van der Waals surface area contributed by atoms with Crippen molar-refractivity contribution in [1.29, 1.82) is 0 Å². The first-order valence-electron chi connectivity index (χ1n) is 8.25. The zero-order valence-electron chi connectivity index (χ0n) is 13.8. The molecule has 0 radical (unpaired) electrons. The Labute approximate surface area is 151 Å². The van der Waals surface area contributed by atoms with Crippen molar-refractivity contribution in [1.82, 2.24) is 25.0 Å². The molecular formula is C17H20ClN5O2.